The molecule has 0 spiro atoms. The number of aliphatic hydroxyl groups is 1. The van der Waals surface area contributed by atoms with Crippen LogP contribution in [0.5, 0.6) is 0 Å². The molecule has 31 heavy (non-hydrogen) atoms. The first-order valence-corrected chi connectivity index (χ1v) is 11.8. The third-order valence-corrected chi connectivity index (χ3v) is 6.46. The number of hydrogen-bond donors (Lipinski definition) is 3. The minimum absolute atomic E-state index is 0.248. The van der Waals surface area contributed by atoms with Crippen molar-refractivity contribution in [2.24, 2.45) is 0 Å². The second-order valence-electron chi connectivity index (χ2n) is 7.78. The van der Waals surface area contributed by atoms with Crippen molar-refractivity contribution in [2.75, 3.05) is 17.8 Å². The highest BCUT2D eigenvalue weighted by molar-refractivity contribution is 7.92. The lowest BCUT2D eigenvalue weighted by Crippen LogP contribution is -2.23. The monoisotopic (exact) mass is 439 g/mol. The van der Waals surface area contributed by atoms with Crippen LogP contribution in [0.1, 0.15) is 42.6 Å². The zero-order valence-electron chi connectivity index (χ0n) is 17.8. The Labute approximate surface area is 184 Å². The van der Waals surface area contributed by atoms with Crippen LogP contribution >= 0.6 is 0 Å². The SMILES string of the molecule is CC(C)c1ccc(S(=O)(=O)Nc2ccc(CCNC[C@H](O)c3cccnc3)cc2)cc1. The first-order chi connectivity index (χ1) is 14.8. The Hall–Kier alpha value is -2.74. The number of nitrogens with zero attached hydrogens (tertiary/aromatic N) is 1. The molecule has 3 N–H and O–H groups in total. The molecular formula is C24H29N3O3S. The molecule has 1 aromatic heterocycles. The molecule has 3 aromatic rings. The number of nitrogens with one attached hydrogen (secondary N) is 2. The van der Waals surface area contributed by atoms with Crippen LogP contribution in [0, 0.1) is 0 Å². The summed E-state index contributed by atoms with van der Waals surface area (Å²) >= 11 is 0. The van der Waals surface area contributed by atoms with Crippen LogP contribution in [0.2, 0.25) is 0 Å². The minimum Gasteiger partial charge on any atom is -0.387 e. The van der Waals surface area contributed by atoms with E-state index in [1.165, 1.54) is 0 Å². The summed E-state index contributed by atoms with van der Waals surface area (Å²) in [4.78, 5) is 4.26. The summed E-state index contributed by atoms with van der Waals surface area (Å²) < 4.78 is 27.8. The first kappa shape index (κ1) is 22.9. The third kappa shape index (κ3) is 6.62. The van der Waals surface area contributed by atoms with Gasteiger partial charge in [0.05, 0.1) is 11.0 Å². The molecule has 0 radical (unpaired) electrons. The Morgan fingerprint density at radius 1 is 0.968 bits per heavy atom. The Kier molecular flexibility index (Phi) is 7.79. The van der Waals surface area contributed by atoms with Gasteiger partial charge in [0.25, 0.3) is 10.0 Å². The predicted molar refractivity (Wildman–Crippen MR) is 124 cm³/mol. The number of rotatable bonds is 10. The van der Waals surface area contributed by atoms with Gasteiger partial charge in [-0.15, -0.1) is 0 Å². The van der Waals surface area contributed by atoms with Gasteiger partial charge < -0.3 is 10.4 Å². The lowest BCUT2D eigenvalue weighted by atomic mass is 10.0. The first-order valence-electron chi connectivity index (χ1n) is 10.4. The fourth-order valence-corrected chi connectivity index (χ4v) is 4.21. The van der Waals surface area contributed by atoms with E-state index in [0.29, 0.717) is 24.7 Å². The normalized spacial score (nSPS) is 12.6. The zero-order chi connectivity index (χ0) is 22.3. The highest BCUT2D eigenvalue weighted by Crippen LogP contribution is 2.20. The smallest absolute Gasteiger partial charge is 0.261 e. The van der Waals surface area contributed by atoms with E-state index in [4.69, 9.17) is 0 Å². The second kappa shape index (κ2) is 10.5. The quantitative estimate of drug-likeness (QED) is 0.417. The summed E-state index contributed by atoms with van der Waals surface area (Å²) in [5.41, 5.74) is 3.49. The van der Waals surface area contributed by atoms with Crippen molar-refractivity contribution in [2.45, 2.75) is 37.2 Å². The van der Waals surface area contributed by atoms with E-state index >= 15 is 0 Å². The molecule has 164 valence electrons. The molecule has 2 aromatic carbocycles. The van der Waals surface area contributed by atoms with Crippen LogP contribution in [-0.2, 0) is 16.4 Å². The van der Waals surface area contributed by atoms with Crippen LogP contribution in [0.3, 0.4) is 0 Å². The summed E-state index contributed by atoms with van der Waals surface area (Å²) in [5, 5.41) is 13.4. The Balaban J connectivity index is 1.49. The van der Waals surface area contributed by atoms with E-state index < -0.39 is 16.1 Å². The van der Waals surface area contributed by atoms with E-state index in [1.54, 1.807) is 42.7 Å². The summed E-state index contributed by atoms with van der Waals surface area (Å²) in [6.07, 6.45) is 3.50. The van der Waals surface area contributed by atoms with Gasteiger partial charge in [0, 0.05) is 30.2 Å². The molecule has 0 fully saturated rings. The number of aromatic nitrogens is 1. The average Bonchev–Trinajstić information content (AvgIpc) is 2.78. The summed E-state index contributed by atoms with van der Waals surface area (Å²) in [5.74, 6) is 0.352. The number of sulfonamides is 1. The van der Waals surface area contributed by atoms with E-state index in [9.17, 15) is 13.5 Å². The molecule has 1 atom stereocenters. The van der Waals surface area contributed by atoms with Crippen molar-refractivity contribution in [3.8, 4) is 0 Å². The van der Waals surface area contributed by atoms with Crippen molar-refractivity contribution >= 4 is 15.7 Å². The van der Waals surface area contributed by atoms with Gasteiger partial charge >= 0.3 is 0 Å². The highest BCUT2D eigenvalue weighted by Gasteiger charge is 2.14. The predicted octanol–water partition coefficient (Wildman–Crippen LogP) is 3.87. The highest BCUT2D eigenvalue weighted by atomic mass is 32.2. The summed E-state index contributed by atoms with van der Waals surface area (Å²) in [6.45, 7) is 5.28. The van der Waals surface area contributed by atoms with E-state index in [-0.39, 0.29) is 4.90 Å². The Morgan fingerprint density at radius 3 is 2.29 bits per heavy atom. The topological polar surface area (TPSA) is 91.3 Å². The third-order valence-electron chi connectivity index (χ3n) is 5.06. The lowest BCUT2D eigenvalue weighted by molar-refractivity contribution is 0.174. The minimum atomic E-state index is -3.62. The van der Waals surface area contributed by atoms with E-state index in [0.717, 1.165) is 23.1 Å². The van der Waals surface area contributed by atoms with E-state index in [1.807, 2.05) is 30.3 Å². The number of pyridine rings is 1. The number of anilines is 1. The largest absolute Gasteiger partial charge is 0.387 e. The van der Waals surface area contributed by atoms with Crippen LogP contribution < -0.4 is 10.0 Å². The molecule has 0 saturated carbocycles. The molecule has 1 heterocycles. The molecule has 3 rings (SSSR count). The maximum Gasteiger partial charge on any atom is 0.261 e. The summed E-state index contributed by atoms with van der Waals surface area (Å²) in [6, 6.07) is 17.9. The molecule has 0 saturated heterocycles. The molecular weight excluding hydrogens is 410 g/mol. The molecule has 0 amide bonds. The van der Waals surface area contributed by atoms with Gasteiger partial charge in [0.1, 0.15) is 0 Å². The van der Waals surface area contributed by atoms with Gasteiger partial charge in [-0.25, -0.2) is 8.42 Å². The van der Waals surface area contributed by atoms with Crippen molar-refractivity contribution in [1.82, 2.24) is 10.3 Å². The van der Waals surface area contributed by atoms with Crippen molar-refractivity contribution in [3.63, 3.8) is 0 Å². The Bertz CT molecular complexity index is 1050. The van der Waals surface area contributed by atoms with Gasteiger partial charge in [0.2, 0.25) is 0 Å². The van der Waals surface area contributed by atoms with Crippen LogP contribution in [0.25, 0.3) is 0 Å². The van der Waals surface area contributed by atoms with Crippen LogP contribution in [0.15, 0.2) is 78.0 Å². The zero-order valence-corrected chi connectivity index (χ0v) is 18.6. The maximum absolute atomic E-state index is 12.6. The van der Waals surface area contributed by atoms with Crippen molar-refractivity contribution < 1.29 is 13.5 Å². The standard InChI is InChI=1S/C24H29N3O3S/c1-18(2)20-7-11-23(12-8-20)31(29,30)27-22-9-5-19(6-10-22)13-15-26-17-24(28)21-4-3-14-25-16-21/h3-12,14,16,18,24,26-28H,13,15,17H2,1-2H3/t24-/m0/s1. The maximum atomic E-state index is 12.6. The van der Waals surface area contributed by atoms with Crippen LogP contribution in [0.4, 0.5) is 5.69 Å². The van der Waals surface area contributed by atoms with Gasteiger partial charge in [0.15, 0.2) is 0 Å². The van der Waals surface area contributed by atoms with Crippen molar-refractivity contribution in [3.05, 3.63) is 89.7 Å². The van der Waals surface area contributed by atoms with E-state index in [2.05, 4.69) is 28.9 Å². The van der Waals surface area contributed by atoms with Gasteiger partial charge in [-0.05, 0) is 60.3 Å². The van der Waals surface area contributed by atoms with Gasteiger partial charge in [-0.2, -0.15) is 0 Å². The molecule has 7 heteroatoms. The number of hydrogen-bond acceptors (Lipinski definition) is 5. The lowest BCUT2D eigenvalue weighted by Gasteiger charge is -2.12. The molecule has 0 bridgehead atoms. The second-order valence-corrected chi connectivity index (χ2v) is 9.46. The number of aliphatic hydroxyl groups excluding tert-OH is 1. The fourth-order valence-electron chi connectivity index (χ4n) is 3.15. The van der Waals surface area contributed by atoms with Gasteiger partial charge in [-0.1, -0.05) is 44.2 Å². The molecule has 0 aliphatic carbocycles. The fraction of sp³-hybridized carbons (Fsp3) is 0.292. The van der Waals surface area contributed by atoms with Crippen LogP contribution in [-0.4, -0.2) is 31.6 Å². The molecule has 0 aliphatic heterocycles. The summed E-state index contributed by atoms with van der Waals surface area (Å²) in [7, 11) is -3.62. The molecule has 0 unspecified atom stereocenters. The van der Waals surface area contributed by atoms with Crippen molar-refractivity contribution in [1.29, 1.82) is 0 Å². The number of benzene rings is 2. The molecule has 6 nitrogen and oxygen atoms in total. The average molecular weight is 440 g/mol. The van der Waals surface area contributed by atoms with Gasteiger partial charge in [-0.3, -0.25) is 9.71 Å². The Morgan fingerprint density at radius 2 is 1.68 bits per heavy atom. The molecule has 0 aliphatic rings.